The molecule has 0 spiro atoms. The minimum Gasteiger partial charge on any atom is -0.316 e. The first kappa shape index (κ1) is 21.2. The van der Waals surface area contributed by atoms with Crippen LogP contribution in [0.4, 0.5) is 18.9 Å². The average Bonchev–Trinajstić information content (AvgIpc) is 3.39. The van der Waals surface area contributed by atoms with E-state index in [4.69, 9.17) is 0 Å². The molecule has 0 saturated carbocycles. The molecule has 0 bridgehead atoms. The lowest BCUT2D eigenvalue weighted by atomic mass is 10.2. The van der Waals surface area contributed by atoms with Gasteiger partial charge in [0.2, 0.25) is 0 Å². The van der Waals surface area contributed by atoms with Crippen LogP contribution in [-0.2, 0) is 6.18 Å². The first-order valence-electron chi connectivity index (χ1n) is 9.09. The lowest BCUT2D eigenvalue weighted by Gasteiger charge is -2.10. The summed E-state index contributed by atoms with van der Waals surface area (Å²) in [4.78, 5) is 23.1. The van der Waals surface area contributed by atoms with E-state index in [9.17, 15) is 28.1 Å². The third-order valence-corrected chi connectivity index (χ3v) is 5.64. The van der Waals surface area contributed by atoms with Crippen LogP contribution in [0.25, 0.3) is 15.8 Å². The third-order valence-electron chi connectivity index (χ3n) is 4.53. The van der Waals surface area contributed by atoms with Crippen LogP contribution in [0.3, 0.4) is 0 Å². The summed E-state index contributed by atoms with van der Waals surface area (Å²) in [5, 5.41) is 15.4. The summed E-state index contributed by atoms with van der Waals surface area (Å²) in [5.74, 6) is -0.512. The number of hydrogen-bond donors (Lipinski definition) is 1. The molecule has 2 aromatic heterocycles. The number of hydrazone groups is 1. The second-order valence-electron chi connectivity index (χ2n) is 6.64. The fourth-order valence-electron chi connectivity index (χ4n) is 3.03. The number of nitro benzene ring substituents is 1. The molecule has 0 aliphatic rings. The Bertz CT molecular complexity index is 1360. The van der Waals surface area contributed by atoms with Gasteiger partial charge in [-0.1, -0.05) is 6.07 Å². The number of amides is 1. The number of halogens is 3. The molecule has 1 N–H and O–H groups in total. The summed E-state index contributed by atoms with van der Waals surface area (Å²) in [6.07, 6.45) is -1.57. The van der Waals surface area contributed by atoms with E-state index < -0.39 is 22.6 Å². The van der Waals surface area contributed by atoms with Gasteiger partial charge in [0.25, 0.3) is 11.6 Å². The molecule has 0 atom stereocenters. The normalized spacial score (nSPS) is 11.8. The van der Waals surface area contributed by atoms with Gasteiger partial charge in [0.1, 0.15) is 0 Å². The van der Waals surface area contributed by atoms with Crippen LogP contribution < -0.4 is 5.43 Å². The van der Waals surface area contributed by atoms with Crippen molar-refractivity contribution >= 4 is 39.2 Å². The molecular formula is C21H13F3N4O3S. The van der Waals surface area contributed by atoms with Gasteiger partial charge < -0.3 is 4.57 Å². The molecule has 0 unspecified atom stereocenters. The zero-order valence-corrected chi connectivity index (χ0v) is 16.9. The second-order valence-corrected chi connectivity index (χ2v) is 7.72. The van der Waals surface area contributed by atoms with E-state index >= 15 is 0 Å². The van der Waals surface area contributed by atoms with E-state index in [0.29, 0.717) is 26.3 Å². The number of carbonyl (C=O) groups is 1. The van der Waals surface area contributed by atoms with Crippen molar-refractivity contribution in [3.05, 3.63) is 93.1 Å². The van der Waals surface area contributed by atoms with Crippen molar-refractivity contribution < 1.29 is 22.9 Å². The molecule has 2 heterocycles. The van der Waals surface area contributed by atoms with E-state index in [0.717, 1.165) is 23.5 Å². The Kier molecular flexibility index (Phi) is 5.49. The van der Waals surface area contributed by atoms with Crippen LogP contribution in [0.2, 0.25) is 0 Å². The Morgan fingerprint density at radius 1 is 1.12 bits per heavy atom. The molecule has 1 amide bonds. The van der Waals surface area contributed by atoms with Gasteiger partial charge in [-0.3, -0.25) is 14.9 Å². The number of fused-ring (bicyclic) bond motifs is 1. The molecular weight excluding hydrogens is 445 g/mol. The second kappa shape index (κ2) is 8.27. The van der Waals surface area contributed by atoms with Gasteiger partial charge >= 0.3 is 6.18 Å². The molecule has 4 aromatic rings. The minimum atomic E-state index is -4.46. The van der Waals surface area contributed by atoms with Crippen LogP contribution in [0, 0.1) is 10.1 Å². The van der Waals surface area contributed by atoms with Crippen LogP contribution in [-0.4, -0.2) is 21.6 Å². The number of nitrogens with zero attached hydrogens (tertiary/aromatic N) is 3. The highest BCUT2D eigenvalue weighted by Gasteiger charge is 2.30. The SMILES string of the molecule is O=C(N/N=C\c1cccn1-c1cccc(C(F)(F)F)c1)c1cc2cc([N+](=O)[O-])ccc2s1. The van der Waals surface area contributed by atoms with Gasteiger partial charge in [-0.25, -0.2) is 5.43 Å². The van der Waals surface area contributed by atoms with Gasteiger partial charge in [-0.2, -0.15) is 18.3 Å². The summed E-state index contributed by atoms with van der Waals surface area (Å²) < 4.78 is 41.2. The minimum absolute atomic E-state index is 0.0735. The van der Waals surface area contributed by atoms with E-state index in [1.165, 1.54) is 41.1 Å². The largest absolute Gasteiger partial charge is 0.416 e. The number of nitro groups is 1. The van der Waals surface area contributed by atoms with Crippen molar-refractivity contribution in [2.45, 2.75) is 6.18 Å². The molecule has 0 fully saturated rings. The predicted molar refractivity (Wildman–Crippen MR) is 114 cm³/mol. The average molecular weight is 458 g/mol. The van der Waals surface area contributed by atoms with Gasteiger partial charge in [-0.15, -0.1) is 11.3 Å². The first-order valence-corrected chi connectivity index (χ1v) is 9.90. The molecule has 0 saturated heterocycles. The van der Waals surface area contributed by atoms with Crippen molar-refractivity contribution in [1.82, 2.24) is 9.99 Å². The zero-order valence-electron chi connectivity index (χ0n) is 16.0. The maximum Gasteiger partial charge on any atom is 0.416 e. The summed E-state index contributed by atoms with van der Waals surface area (Å²) >= 11 is 1.16. The molecule has 0 radical (unpaired) electrons. The Hall–Kier alpha value is -3.99. The number of thiophene rings is 1. The van der Waals surface area contributed by atoms with Crippen LogP contribution in [0.5, 0.6) is 0 Å². The van der Waals surface area contributed by atoms with Gasteiger partial charge in [0, 0.05) is 34.1 Å². The van der Waals surface area contributed by atoms with E-state index in [2.05, 4.69) is 10.5 Å². The van der Waals surface area contributed by atoms with Crippen molar-refractivity contribution in [1.29, 1.82) is 0 Å². The molecule has 2 aromatic carbocycles. The van der Waals surface area contributed by atoms with Gasteiger partial charge in [0.05, 0.1) is 27.3 Å². The quantitative estimate of drug-likeness (QED) is 0.247. The maximum absolute atomic E-state index is 13.0. The fraction of sp³-hybridized carbons (Fsp3) is 0.0476. The Balaban J connectivity index is 1.51. The van der Waals surface area contributed by atoms with Crippen molar-refractivity contribution in [2.75, 3.05) is 0 Å². The van der Waals surface area contributed by atoms with Crippen molar-refractivity contribution in [2.24, 2.45) is 5.10 Å². The Labute approximate surface area is 182 Å². The smallest absolute Gasteiger partial charge is 0.316 e. The lowest BCUT2D eigenvalue weighted by molar-refractivity contribution is -0.384. The van der Waals surface area contributed by atoms with Crippen LogP contribution in [0.1, 0.15) is 20.9 Å². The molecule has 11 heteroatoms. The molecule has 0 aliphatic carbocycles. The topological polar surface area (TPSA) is 89.5 Å². The summed E-state index contributed by atoms with van der Waals surface area (Å²) in [5.41, 5.74) is 2.27. The van der Waals surface area contributed by atoms with Crippen molar-refractivity contribution in [3.63, 3.8) is 0 Å². The van der Waals surface area contributed by atoms with Crippen LogP contribution >= 0.6 is 11.3 Å². The maximum atomic E-state index is 13.0. The number of rotatable bonds is 5. The number of hydrogen-bond acceptors (Lipinski definition) is 5. The van der Waals surface area contributed by atoms with E-state index in [1.54, 1.807) is 24.4 Å². The van der Waals surface area contributed by atoms with Gasteiger partial charge in [0.15, 0.2) is 0 Å². The van der Waals surface area contributed by atoms with Crippen LogP contribution in [0.15, 0.2) is 72.0 Å². The number of nitrogens with one attached hydrogen (secondary N) is 1. The molecule has 4 rings (SSSR count). The zero-order chi connectivity index (χ0) is 22.9. The number of aromatic nitrogens is 1. The highest BCUT2D eigenvalue weighted by atomic mass is 32.1. The summed E-state index contributed by atoms with van der Waals surface area (Å²) in [7, 11) is 0. The first-order chi connectivity index (χ1) is 15.2. The lowest BCUT2D eigenvalue weighted by Crippen LogP contribution is -2.16. The fourth-order valence-corrected chi connectivity index (χ4v) is 3.97. The van der Waals surface area contributed by atoms with Gasteiger partial charge in [-0.05, 0) is 42.5 Å². The number of carbonyl (C=O) groups excluding carboxylic acids is 1. The Morgan fingerprint density at radius 2 is 1.94 bits per heavy atom. The summed E-state index contributed by atoms with van der Waals surface area (Å²) in [6, 6.07) is 14.0. The monoisotopic (exact) mass is 458 g/mol. The number of non-ortho nitro benzene ring substituents is 1. The highest BCUT2D eigenvalue weighted by molar-refractivity contribution is 7.20. The highest BCUT2D eigenvalue weighted by Crippen LogP contribution is 2.31. The number of benzene rings is 2. The standard InChI is InChI=1S/C21H13F3N4O3S/c22-21(23,24)14-3-1-4-15(11-14)27-8-2-5-17(27)12-25-26-20(29)19-10-13-9-16(28(30)31)6-7-18(13)32-19/h1-12H,(H,26,29)/b25-12-. The molecule has 32 heavy (non-hydrogen) atoms. The van der Waals surface area contributed by atoms with E-state index in [-0.39, 0.29) is 5.69 Å². The predicted octanol–water partition coefficient (Wildman–Crippen LogP) is 5.38. The third kappa shape index (κ3) is 4.37. The summed E-state index contributed by atoms with van der Waals surface area (Å²) in [6.45, 7) is 0. The molecule has 7 nitrogen and oxygen atoms in total. The molecule has 162 valence electrons. The molecule has 0 aliphatic heterocycles. The van der Waals surface area contributed by atoms with E-state index in [1.807, 2.05) is 0 Å². The number of alkyl halides is 3. The Morgan fingerprint density at radius 3 is 2.69 bits per heavy atom. The van der Waals surface area contributed by atoms with Crippen molar-refractivity contribution in [3.8, 4) is 5.69 Å².